The first-order valence-electron chi connectivity index (χ1n) is 10.5. The molecule has 178 valence electrons. The van der Waals surface area contributed by atoms with E-state index in [2.05, 4.69) is 15.7 Å². The van der Waals surface area contributed by atoms with Gasteiger partial charge in [0.1, 0.15) is 0 Å². The molecule has 3 aromatic carbocycles. The molecule has 0 aliphatic heterocycles. The molecule has 0 unspecified atom stereocenters. The van der Waals surface area contributed by atoms with Crippen LogP contribution in [-0.4, -0.2) is 21.6 Å². The third kappa shape index (κ3) is 5.72. The minimum Gasteiger partial charge on any atom is -0.326 e. The lowest BCUT2D eigenvalue weighted by Crippen LogP contribution is -2.18. The normalized spacial score (nSPS) is 11.3. The summed E-state index contributed by atoms with van der Waals surface area (Å²) in [4.78, 5) is 36.9. The predicted molar refractivity (Wildman–Crippen MR) is 125 cm³/mol. The quantitative estimate of drug-likeness (QED) is 0.419. The van der Waals surface area contributed by atoms with Crippen molar-refractivity contribution in [1.82, 2.24) is 9.78 Å². The number of carbonyl (C=O) groups is 2. The van der Waals surface area contributed by atoms with E-state index in [1.807, 2.05) is 0 Å². The third-order valence-electron chi connectivity index (χ3n) is 5.17. The van der Waals surface area contributed by atoms with Crippen molar-refractivity contribution in [3.63, 3.8) is 0 Å². The Hall–Kier alpha value is -4.47. The third-order valence-corrected chi connectivity index (χ3v) is 5.17. The summed E-state index contributed by atoms with van der Waals surface area (Å²) in [6.45, 7) is 0.225. The highest BCUT2D eigenvalue weighted by molar-refractivity contribution is 6.05. The van der Waals surface area contributed by atoms with Crippen molar-refractivity contribution in [3.8, 4) is 0 Å². The van der Waals surface area contributed by atoms with Crippen LogP contribution in [-0.2, 0) is 17.5 Å². The summed E-state index contributed by atoms with van der Waals surface area (Å²) in [6.07, 6.45) is -3.27. The summed E-state index contributed by atoms with van der Waals surface area (Å²) < 4.78 is 40.3. The lowest BCUT2D eigenvalue weighted by Gasteiger charge is -2.11. The van der Waals surface area contributed by atoms with Crippen LogP contribution in [0, 0.1) is 0 Å². The molecule has 1 heterocycles. The van der Waals surface area contributed by atoms with Crippen LogP contribution in [0.3, 0.4) is 0 Å². The molecule has 0 saturated carbocycles. The Morgan fingerprint density at radius 1 is 0.886 bits per heavy atom. The molecule has 35 heavy (non-hydrogen) atoms. The molecule has 0 radical (unpaired) electrons. The maximum Gasteiger partial charge on any atom is 0.416 e. The molecule has 0 aliphatic rings. The van der Waals surface area contributed by atoms with Gasteiger partial charge in [-0.25, -0.2) is 0 Å². The Bertz CT molecular complexity index is 1460. The van der Waals surface area contributed by atoms with Gasteiger partial charge < -0.3 is 10.6 Å². The number of rotatable bonds is 6. The van der Waals surface area contributed by atoms with Crippen molar-refractivity contribution in [3.05, 3.63) is 100 Å². The fraction of sp³-hybridized carbons (Fsp3) is 0.120. The van der Waals surface area contributed by atoms with E-state index < -0.39 is 17.6 Å². The first-order valence-corrected chi connectivity index (χ1v) is 10.5. The number of para-hydroxylation sites is 1. The molecule has 2 amide bonds. The van der Waals surface area contributed by atoms with Gasteiger partial charge >= 0.3 is 6.18 Å². The fourth-order valence-corrected chi connectivity index (χ4v) is 3.48. The minimum atomic E-state index is -4.53. The van der Waals surface area contributed by atoms with Gasteiger partial charge in [0.2, 0.25) is 11.3 Å². The van der Waals surface area contributed by atoms with Gasteiger partial charge in [0.25, 0.3) is 5.91 Å². The van der Waals surface area contributed by atoms with E-state index in [1.54, 1.807) is 41.1 Å². The number of amides is 2. The fourth-order valence-electron chi connectivity index (χ4n) is 3.48. The summed E-state index contributed by atoms with van der Waals surface area (Å²) in [5.41, 5.74) is 0.0433. The van der Waals surface area contributed by atoms with Crippen LogP contribution in [0.1, 0.15) is 22.3 Å². The second-order valence-electron chi connectivity index (χ2n) is 7.66. The maximum atomic E-state index is 12.9. The Labute approximate surface area is 197 Å². The Kier molecular flexibility index (Phi) is 6.63. The number of nitrogens with one attached hydrogen (secondary N) is 2. The van der Waals surface area contributed by atoms with E-state index in [9.17, 15) is 27.6 Å². The zero-order valence-electron chi connectivity index (χ0n) is 18.2. The van der Waals surface area contributed by atoms with Crippen LogP contribution in [0.15, 0.2) is 83.8 Å². The first-order chi connectivity index (χ1) is 16.7. The second-order valence-corrected chi connectivity index (χ2v) is 7.66. The van der Waals surface area contributed by atoms with Crippen LogP contribution in [0.25, 0.3) is 10.9 Å². The number of hydrogen-bond acceptors (Lipinski definition) is 4. The number of aromatic nitrogens is 2. The van der Waals surface area contributed by atoms with E-state index in [1.165, 1.54) is 30.5 Å². The molecule has 4 aromatic rings. The number of halogens is 3. The van der Waals surface area contributed by atoms with E-state index >= 15 is 0 Å². The summed E-state index contributed by atoms with van der Waals surface area (Å²) in [6, 6.07) is 17.3. The molecule has 0 atom stereocenters. The van der Waals surface area contributed by atoms with Crippen LogP contribution in [0.4, 0.5) is 24.5 Å². The molecule has 0 spiro atoms. The number of fused-ring (bicyclic) bond motifs is 1. The van der Waals surface area contributed by atoms with Gasteiger partial charge in [-0.3, -0.25) is 19.1 Å². The number of carbonyl (C=O) groups excluding carboxylic acids is 2. The van der Waals surface area contributed by atoms with Crippen molar-refractivity contribution in [2.75, 3.05) is 10.6 Å². The maximum absolute atomic E-state index is 12.9. The average Bonchev–Trinajstić information content (AvgIpc) is 2.83. The summed E-state index contributed by atoms with van der Waals surface area (Å²) in [5, 5.41) is 9.71. The monoisotopic (exact) mass is 480 g/mol. The van der Waals surface area contributed by atoms with E-state index in [0.717, 1.165) is 12.1 Å². The highest BCUT2D eigenvalue weighted by atomic mass is 19.4. The minimum absolute atomic E-state index is 0.000104. The molecule has 2 N–H and O–H groups in total. The van der Waals surface area contributed by atoms with Gasteiger partial charge in [0, 0.05) is 28.7 Å². The summed E-state index contributed by atoms with van der Waals surface area (Å²) in [7, 11) is 0. The number of alkyl halides is 3. The molecule has 0 aliphatic carbocycles. The number of anilines is 2. The standard InChI is InChI=1S/C25H19F3N4O3/c26-25(27,28)17-6-4-8-19(14-17)31-24(35)16-5-3-7-18(13-16)30-23(34)11-12-32-21-10-2-1-9-20(21)22(33)15-29-32/h1-10,13-15H,11-12H2,(H,30,34)(H,31,35). The Morgan fingerprint density at radius 2 is 1.60 bits per heavy atom. The number of aryl methyl sites for hydroxylation is 1. The lowest BCUT2D eigenvalue weighted by molar-refractivity contribution is -0.137. The molecule has 4 rings (SSSR count). The van der Waals surface area contributed by atoms with Gasteiger partial charge in [-0.2, -0.15) is 18.3 Å². The topological polar surface area (TPSA) is 93.1 Å². The van der Waals surface area contributed by atoms with Crippen molar-refractivity contribution >= 4 is 34.1 Å². The molecular weight excluding hydrogens is 461 g/mol. The molecule has 0 saturated heterocycles. The highest BCUT2D eigenvalue weighted by Gasteiger charge is 2.30. The zero-order chi connectivity index (χ0) is 25.0. The number of hydrogen-bond donors (Lipinski definition) is 2. The van der Waals surface area contributed by atoms with Gasteiger partial charge in [-0.1, -0.05) is 24.3 Å². The van der Waals surface area contributed by atoms with Crippen LogP contribution >= 0.6 is 0 Å². The molecule has 7 nitrogen and oxygen atoms in total. The van der Waals surface area contributed by atoms with Crippen molar-refractivity contribution in [2.45, 2.75) is 19.1 Å². The van der Waals surface area contributed by atoms with Crippen molar-refractivity contribution < 1.29 is 22.8 Å². The van der Waals surface area contributed by atoms with Crippen molar-refractivity contribution in [1.29, 1.82) is 0 Å². The largest absolute Gasteiger partial charge is 0.416 e. The lowest BCUT2D eigenvalue weighted by atomic mass is 10.1. The summed E-state index contributed by atoms with van der Waals surface area (Å²) >= 11 is 0. The van der Waals surface area contributed by atoms with Gasteiger partial charge in [0.05, 0.1) is 23.8 Å². The SMILES string of the molecule is O=C(CCn1ncc(=O)c2ccccc21)Nc1cccc(C(=O)Nc2cccc(C(F)(F)F)c2)c1. The number of nitrogens with zero attached hydrogens (tertiary/aromatic N) is 2. The predicted octanol–water partition coefficient (Wildman–Crippen LogP) is 4.70. The van der Waals surface area contributed by atoms with E-state index in [-0.39, 0.29) is 35.6 Å². The van der Waals surface area contributed by atoms with Crippen molar-refractivity contribution in [2.24, 2.45) is 0 Å². The van der Waals surface area contributed by atoms with Crippen LogP contribution in [0.2, 0.25) is 0 Å². The molecule has 0 bridgehead atoms. The van der Waals surface area contributed by atoms with Crippen LogP contribution < -0.4 is 16.1 Å². The van der Waals surface area contributed by atoms with Crippen LogP contribution in [0.5, 0.6) is 0 Å². The second kappa shape index (κ2) is 9.80. The molecule has 0 fully saturated rings. The molecule has 1 aromatic heterocycles. The molecule has 10 heteroatoms. The van der Waals surface area contributed by atoms with Gasteiger partial charge in [-0.05, 0) is 48.5 Å². The zero-order valence-corrected chi connectivity index (χ0v) is 18.2. The number of benzene rings is 3. The Balaban J connectivity index is 1.40. The van der Waals surface area contributed by atoms with Gasteiger partial charge in [-0.15, -0.1) is 0 Å². The van der Waals surface area contributed by atoms with Gasteiger partial charge in [0.15, 0.2) is 0 Å². The average molecular weight is 480 g/mol. The molecular formula is C25H19F3N4O3. The first kappa shape index (κ1) is 23.7. The Morgan fingerprint density at radius 3 is 2.37 bits per heavy atom. The van der Waals surface area contributed by atoms with E-state index in [4.69, 9.17) is 0 Å². The smallest absolute Gasteiger partial charge is 0.326 e. The summed E-state index contributed by atoms with van der Waals surface area (Å²) in [5.74, 6) is -0.964. The highest BCUT2D eigenvalue weighted by Crippen LogP contribution is 2.30. The van der Waals surface area contributed by atoms with E-state index in [0.29, 0.717) is 16.6 Å².